The Morgan fingerprint density at radius 2 is 1.40 bits per heavy atom. The summed E-state index contributed by atoms with van der Waals surface area (Å²) in [6.07, 6.45) is 4.25. The maximum absolute atomic E-state index is 13.3. The second kappa shape index (κ2) is 18.1. The number of fused-ring (bicyclic) bond motifs is 1. The van der Waals surface area contributed by atoms with Crippen LogP contribution in [0.15, 0.2) is 42.5 Å². The number of nitrogens with zero attached hydrogens (tertiary/aromatic N) is 1. The number of aryl methyl sites for hydroxylation is 1. The molecular weight excluding hydrogens is 618 g/mol. The van der Waals surface area contributed by atoms with Gasteiger partial charge in [0, 0.05) is 28.2 Å². The summed E-state index contributed by atoms with van der Waals surface area (Å²) in [6, 6.07) is 12.7. The maximum atomic E-state index is 13.3. The van der Waals surface area contributed by atoms with Gasteiger partial charge in [0.25, 0.3) is 5.91 Å². The molecule has 242 valence electrons. The fraction of sp³-hybridized carbons (Fsp3) is 0.406. The largest absolute Gasteiger partial charge is 0.494 e. The summed E-state index contributed by atoms with van der Waals surface area (Å²) in [5, 5.41) is 11.5. The minimum Gasteiger partial charge on any atom is -0.494 e. The zero-order valence-corrected chi connectivity index (χ0v) is 27.2. The van der Waals surface area contributed by atoms with Crippen molar-refractivity contribution in [1.29, 1.82) is 0 Å². The summed E-state index contributed by atoms with van der Waals surface area (Å²) in [7, 11) is 0. The number of nitrogens with one attached hydrogen (secondary N) is 4. The highest BCUT2D eigenvalue weighted by Gasteiger charge is 2.19. The Bertz CT molecular complexity index is 1510. The molecule has 0 saturated heterocycles. The van der Waals surface area contributed by atoms with Crippen molar-refractivity contribution in [3.05, 3.63) is 64.3 Å². The molecular formula is C32H40ClN5O6S. The molecule has 0 unspecified atom stereocenters. The van der Waals surface area contributed by atoms with Crippen LogP contribution in [0.25, 0.3) is 10.9 Å². The van der Waals surface area contributed by atoms with Crippen molar-refractivity contribution in [3.8, 4) is 5.75 Å². The first-order chi connectivity index (χ1) is 21.6. The minimum absolute atomic E-state index is 0.0384. The number of thiol groups is 1. The van der Waals surface area contributed by atoms with Gasteiger partial charge in [-0.05, 0) is 74.2 Å². The van der Waals surface area contributed by atoms with E-state index < -0.39 is 17.7 Å². The van der Waals surface area contributed by atoms with Crippen LogP contribution in [0.4, 0.5) is 0 Å². The Kier molecular flexibility index (Phi) is 14.2. The van der Waals surface area contributed by atoms with E-state index in [0.717, 1.165) is 60.0 Å². The van der Waals surface area contributed by atoms with E-state index in [4.69, 9.17) is 16.3 Å². The van der Waals surface area contributed by atoms with E-state index in [-0.39, 0.29) is 37.2 Å². The van der Waals surface area contributed by atoms with E-state index >= 15 is 0 Å². The Hall–Kier alpha value is -4.03. The van der Waals surface area contributed by atoms with Crippen LogP contribution in [0.3, 0.4) is 0 Å². The third-order valence-electron chi connectivity index (χ3n) is 7.10. The molecule has 3 rings (SSSR count). The molecule has 3 aromatic rings. The zero-order valence-electron chi connectivity index (χ0n) is 25.5. The van der Waals surface area contributed by atoms with E-state index in [0.29, 0.717) is 23.7 Å². The lowest BCUT2D eigenvalue weighted by Crippen LogP contribution is -2.44. The minimum atomic E-state index is -0.518. The number of benzene rings is 2. The highest BCUT2D eigenvalue weighted by Crippen LogP contribution is 2.31. The molecule has 0 radical (unpaired) electrons. The molecule has 0 bridgehead atoms. The number of ether oxygens (including phenoxy) is 1. The molecule has 0 aliphatic heterocycles. The quantitative estimate of drug-likeness (QED) is 0.111. The van der Waals surface area contributed by atoms with Gasteiger partial charge in [0.1, 0.15) is 5.75 Å². The predicted molar refractivity (Wildman–Crippen MR) is 177 cm³/mol. The number of halogens is 1. The molecule has 1 aromatic heterocycles. The molecule has 0 atom stereocenters. The number of aromatic nitrogens is 1. The van der Waals surface area contributed by atoms with E-state index in [1.54, 1.807) is 28.8 Å². The summed E-state index contributed by atoms with van der Waals surface area (Å²) in [5.74, 6) is -1.13. The average Bonchev–Trinajstić information content (AvgIpc) is 3.32. The van der Waals surface area contributed by atoms with Crippen LogP contribution in [0.5, 0.6) is 5.75 Å². The Morgan fingerprint density at radius 3 is 2.02 bits per heavy atom. The third-order valence-corrected chi connectivity index (χ3v) is 7.64. The third kappa shape index (κ3) is 10.8. The smallest absolute Gasteiger partial charge is 0.262 e. The highest BCUT2D eigenvalue weighted by atomic mass is 35.5. The van der Waals surface area contributed by atoms with Crippen LogP contribution in [0, 0.1) is 6.92 Å². The van der Waals surface area contributed by atoms with Gasteiger partial charge in [-0.1, -0.05) is 31.4 Å². The van der Waals surface area contributed by atoms with Crippen LogP contribution in [0.2, 0.25) is 5.02 Å². The fourth-order valence-corrected chi connectivity index (χ4v) is 5.00. The number of carbonyl (C=O) groups excluding carboxylic acids is 5. The molecule has 0 spiro atoms. The van der Waals surface area contributed by atoms with Gasteiger partial charge in [0.15, 0.2) is 0 Å². The van der Waals surface area contributed by atoms with Crippen LogP contribution in [-0.4, -0.2) is 72.6 Å². The van der Waals surface area contributed by atoms with E-state index in [9.17, 15) is 24.0 Å². The molecule has 0 saturated carbocycles. The second-order valence-corrected chi connectivity index (χ2v) is 11.1. The van der Waals surface area contributed by atoms with E-state index in [1.165, 1.54) is 0 Å². The number of hydrogen-bond donors (Lipinski definition) is 5. The number of rotatable bonds is 17. The van der Waals surface area contributed by atoms with Crippen molar-refractivity contribution < 1.29 is 28.7 Å². The van der Waals surface area contributed by atoms with Gasteiger partial charge in [0.2, 0.25) is 23.6 Å². The lowest BCUT2D eigenvalue weighted by molar-refractivity contribution is -0.128. The average molecular weight is 658 g/mol. The fourth-order valence-electron chi connectivity index (χ4n) is 4.76. The van der Waals surface area contributed by atoms with E-state index in [2.05, 4.69) is 40.8 Å². The molecule has 4 amide bonds. The topological polar surface area (TPSA) is 148 Å². The molecule has 2 aromatic carbocycles. The lowest BCUT2D eigenvalue weighted by atomic mass is 10.1. The van der Waals surface area contributed by atoms with Crippen molar-refractivity contribution >= 4 is 64.7 Å². The number of carbonyl (C=O) groups is 5. The summed E-state index contributed by atoms with van der Waals surface area (Å²) in [5.41, 5.74) is 3.44. The Labute approximate surface area is 273 Å². The summed E-state index contributed by atoms with van der Waals surface area (Å²) in [6.45, 7) is 4.33. The number of hydrogen-bond acceptors (Lipinski definition) is 7. The summed E-state index contributed by atoms with van der Waals surface area (Å²) < 4.78 is 7.77. The van der Waals surface area contributed by atoms with Crippen molar-refractivity contribution in [1.82, 2.24) is 25.8 Å². The number of unbranched alkanes of at least 4 members (excludes halogenated alkanes) is 3. The monoisotopic (exact) mass is 657 g/mol. The molecule has 11 nitrogen and oxygen atoms in total. The zero-order chi connectivity index (χ0) is 32.8. The highest BCUT2D eigenvalue weighted by molar-refractivity contribution is 7.81. The van der Waals surface area contributed by atoms with Crippen molar-refractivity contribution in [3.63, 3.8) is 0 Å². The van der Waals surface area contributed by atoms with Gasteiger partial charge in [-0.2, -0.15) is 12.6 Å². The molecule has 1 heterocycles. The van der Waals surface area contributed by atoms with Crippen molar-refractivity contribution in [2.45, 2.75) is 46.0 Å². The predicted octanol–water partition coefficient (Wildman–Crippen LogP) is 3.19. The van der Waals surface area contributed by atoms with Crippen LogP contribution in [-0.2, 0) is 25.6 Å². The molecule has 45 heavy (non-hydrogen) atoms. The maximum Gasteiger partial charge on any atom is 0.262 e. The second-order valence-electron chi connectivity index (χ2n) is 10.3. The van der Waals surface area contributed by atoms with Crippen LogP contribution < -0.4 is 26.0 Å². The van der Waals surface area contributed by atoms with Gasteiger partial charge >= 0.3 is 0 Å². The first kappa shape index (κ1) is 35.4. The Morgan fingerprint density at radius 1 is 0.800 bits per heavy atom. The SMILES string of the molecule is CCc1c(C)n(C(=O)c2ccc(Cl)cc2)c2ccc(OCCCCCCNC(=O)CNC(=O)CNC(=O)CNC(=O)CS)cc12. The first-order valence-electron chi connectivity index (χ1n) is 14.9. The lowest BCUT2D eigenvalue weighted by Gasteiger charge is -2.09. The molecule has 0 aliphatic rings. The standard InChI is InChI=1S/C32H40ClN5O6S/c1-3-25-21(2)38(32(43)22-8-10-23(33)11-9-22)27-13-12-24(16-26(25)27)44-15-7-5-4-6-14-34-28(39)17-35-29(40)18-36-30(41)19-37-31(42)20-45/h8-13,16,45H,3-7,14-15,17-20H2,1-2H3,(H,34,39)(H,35,40)(H,36,41)(H,37,42). The van der Waals surface area contributed by atoms with Gasteiger partial charge < -0.3 is 26.0 Å². The van der Waals surface area contributed by atoms with Gasteiger partial charge in [-0.15, -0.1) is 0 Å². The van der Waals surface area contributed by atoms with Gasteiger partial charge in [0.05, 0.1) is 37.5 Å². The molecule has 0 fully saturated rings. The molecule has 13 heteroatoms. The first-order valence-corrected chi connectivity index (χ1v) is 15.9. The summed E-state index contributed by atoms with van der Waals surface area (Å²) >= 11 is 9.78. The van der Waals surface area contributed by atoms with E-state index in [1.807, 2.05) is 25.1 Å². The summed E-state index contributed by atoms with van der Waals surface area (Å²) in [4.78, 5) is 59.7. The normalized spacial score (nSPS) is 10.8. The van der Waals surface area contributed by atoms with Gasteiger partial charge in [-0.25, -0.2) is 0 Å². The van der Waals surface area contributed by atoms with Crippen LogP contribution >= 0.6 is 24.2 Å². The van der Waals surface area contributed by atoms with Gasteiger partial charge in [-0.3, -0.25) is 28.5 Å². The van der Waals surface area contributed by atoms with Crippen molar-refractivity contribution in [2.75, 3.05) is 38.5 Å². The molecule has 0 aliphatic carbocycles. The van der Waals surface area contributed by atoms with Crippen LogP contribution in [0.1, 0.15) is 54.2 Å². The van der Waals surface area contributed by atoms with Crippen molar-refractivity contribution in [2.24, 2.45) is 0 Å². The number of amides is 4. The molecule has 4 N–H and O–H groups in total. The Balaban J connectivity index is 1.33.